The summed E-state index contributed by atoms with van der Waals surface area (Å²) in [5.74, 6) is 2.01. The number of aliphatic hydroxyl groups is 1. The summed E-state index contributed by atoms with van der Waals surface area (Å²) in [6.45, 7) is 9.55. The molecule has 0 aromatic carbocycles. The van der Waals surface area contributed by atoms with Gasteiger partial charge in [-0.25, -0.2) is 0 Å². The number of rotatable bonds is 2. The first kappa shape index (κ1) is 10.0. The topological polar surface area (TPSA) is 20.2 Å². The standard InChI is InChI=1S/C11H22O/c1-8(7-12)10-6-5-9(2)11(10,3)4/h8-10,12H,5-7H2,1-4H3/t8-,9?,10?/m1/s1. The lowest BCUT2D eigenvalue weighted by atomic mass is 9.71. The first-order valence-electron chi connectivity index (χ1n) is 5.11. The van der Waals surface area contributed by atoms with E-state index in [-0.39, 0.29) is 0 Å². The molecule has 0 bridgehead atoms. The van der Waals surface area contributed by atoms with E-state index in [2.05, 4.69) is 27.7 Å². The second kappa shape index (κ2) is 3.37. The van der Waals surface area contributed by atoms with Gasteiger partial charge in [-0.3, -0.25) is 0 Å². The molecule has 1 rings (SSSR count). The van der Waals surface area contributed by atoms with E-state index in [1.165, 1.54) is 12.8 Å². The molecular weight excluding hydrogens is 148 g/mol. The van der Waals surface area contributed by atoms with Gasteiger partial charge in [0.2, 0.25) is 0 Å². The highest BCUT2D eigenvalue weighted by molar-refractivity contribution is 4.91. The highest BCUT2D eigenvalue weighted by Gasteiger charge is 2.42. The molecule has 0 amide bonds. The third kappa shape index (κ3) is 1.52. The summed E-state index contributed by atoms with van der Waals surface area (Å²) in [6.07, 6.45) is 2.64. The van der Waals surface area contributed by atoms with Crippen LogP contribution in [0.5, 0.6) is 0 Å². The van der Waals surface area contributed by atoms with E-state index >= 15 is 0 Å². The molecule has 0 saturated heterocycles. The van der Waals surface area contributed by atoms with Crippen LogP contribution in [0.3, 0.4) is 0 Å². The average molecular weight is 170 g/mol. The van der Waals surface area contributed by atoms with Crippen molar-refractivity contribution in [2.45, 2.75) is 40.5 Å². The zero-order valence-corrected chi connectivity index (χ0v) is 8.80. The van der Waals surface area contributed by atoms with Crippen LogP contribution >= 0.6 is 0 Å². The van der Waals surface area contributed by atoms with Gasteiger partial charge in [0, 0.05) is 6.61 Å². The maximum Gasteiger partial charge on any atom is 0.0459 e. The Bertz CT molecular complexity index is 151. The molecule has 12 heavy (non-hydrogen) atoms. The minimum absolute atomic E-state index is 0.348. The van der Waals surface area contributed by atoms with Crippen LogP contribution in [0.2, 0.25) is 0 Å². The normalized spacial score (nSPS) is 36.8. The van der Waals surface area contributed by atoms with Crippen molar-refractivity contribution in [3.05, 3.63) is 0 Å². The van der Waals surface area contributed by atoms with E-state index < -0.39 is 0 Å². The number of aliphatic hydroxyl groups excluding tert-OH is 1. The van der Waals surface area contributed by atoms with Crippen molar-refractivity contribution in [1.82, 2.24) is 0 Å². The Morgan fingerprint density at radius 2 is 2.00 bits per heavy atom. The van der Waals surface area contributed by atoms with E-state index in [4.69, 9.17) is 5.11 Å². The summed E-state index contributed by atoms with van der Waals surface area (Å²) < 4.78 is 0. The van der Waals surface area contributed by atoms with Gasteiger partial charge >= 0.3 is 0 Å². The van der Waals surface area contributed by atoms with E-state index in [1.807, 2.05) is 0 Å². The Hall–Kier alpha value is -0.0400. The molecule has 1 saturated carbocycles. The quantitative estimate of drug-likeness (QED) is 0.675. The van der Waals surface area contributed by atoms with E-state index in [9.17, 15) is 0 Å². The van der Waals surface area contributed by atoms with Crippen LogP contribution in [-0.4, -0.2) is 11.7 Å². The maximum atomic E-state index is 9.11. The summed E-state index contributed by atoms with van der Waals surface area (Å²) in [5, 5.41) is 9.11. The minimum atomic E-state index is 0.348. The first-order valence-corrected chi connectivity index (χ1v) is 5.11. The molecule has 0 aromatic heterocycles. The van der Waals surface area contributed by atoms with Crippen LogP contribution in [-0.2, 0) is 0 Å². The Morgan fingerprint density at radius 1 is 1.42 bits per heavy atom. The molecule has 0 aliphatic heterocycles. The molecule has 72 valence electrons. The van der Waals surface area contributed by atoms with Crippen molar-refractivity contribution in [2.24, 2.45) is 23.2 Å². The molecule has 0 heterocycles. The summed E-state index contributed by atoms with van der Waals surface area (Å²) in [5.41, 5.74) is 0.433. The minimum Gasteiger partial charge on any atom is -0.396 e. The molecule has 1 heteroatoms. The van der Waals surface area contributed by atoms with Crippen LogP contribution in [0.25, 0.3) is 0 Å². The molecular formula is C11H22O. The van der Waals surface area contributed by atoms with Gasteiger partial charge in [0.15, 0.2) is 0 Å². The fraction of sp³-hybridized carbons (Fsp3) is 1.00. The Balaban J connectivity index is 2.67. The fourth-order valence-electron chi connectivity index (χ4n) is 2.68. The summed E-state index contributed by atoms with van der Waals surface area (Å²) in [6, 6.07) is 0. The average Bonchev–Trinajstić information content (AvgIpc) is 2.27. The van der Waals surface area contributed by atoms with Gasteiger partial charge in [0.25, 0.3) is 0 Å². The summed E-state index contributed by atoms with van der Waals surface area (Å²) in [7, 11) is 0. The Morgan fingerprint density at radius 3 is 2.33 bits per heavy atom. The molecule has 1 nitrogen and oxygen atoms in total. The Kier molecular flexibility index (Phi) is 2.82. The lowest BCUT2D eigenvalue weighted by molar-refractivity contribution is 0.101. The van der Waals surface area contributed by atoms with Crippen molar-refractivity contribution in [1.29, 1.82) is 0 Å². The predicted molar refractivity (Wildman–Crippen MR) is 51.9 cm³/mol. The van der Waals surface area contributed by atoms with Crippen LogP contribution in [0.4, 0.5) is 0 Å². The highest BCUT2D eigenvalue weighted by atomic mass is 16.3. The zero-order valence-electron chi connectivity index (χ0n) is 8.80. The largest absolute Gasteiger partial charge is 0.396 e. The third-order valence-corrected chi connectivity index (χ3v) is 4.11. The Labute approximate surface area is 76.2 Å². The predicted octanol–water partition coefficient (Wildman–Crippen LogP) is 2.69. The molecule has 1 N–H and O–H groups in total. The van der Waals surface area contributed by atoms with Crippen molar-refractivity contribution >= 4 is 0 Å². The molecule has 1 fully saturated rings. The second-order valence-corrected chi connectivity index (χ2v) is 5.07. The fourth-order valence-corrected chi connectivity index (χ4v) is 2.68. The van der Waals surface area contributed by atoms with Crippen molar-refractivity contribution in [3.8, 4) is 0 Å². The van der Waals surface area contributed by atoms with Gasteiger partial charge in [0.05, 0.1) is 0 Å². The smallest absolute Gasteiger partial charge is 0.0459 e. The van der Waals surface area contributed by atoms with Crippen LogP contribution in [0.1, 0.15) is 40.5 Å². The van der Waals surface area contributed by atoms with Crippen molar-refractivity contribution < 1.29 is 5.11 Å². The van der Waals surface area contributed by atoms with Gasteiger partial charge in [0.1, 0.15) is 0 Å². The number of hydrogen-bond donors (Lipinski definition) is 1. The van der Waals surface area contributed by atoms with Crippen LogP contribution in [0.15, 0.2) is 0 Å². The zero-order chi connectivity index (χ0) is 9.35. The van der Waals surface area contributed by atoms with Gasteiger partial charge < -0.3 is 5.11 Å². The van der Waals surface area contributed by atoms with Gasteiger partial charge in [-0.15, -0.1) is 0 Å². The third-order valence-electron chi connectivity index (χ3n) is 4.11. The molecule has 0 aromatic rings. The molecule has 1 aliphatic rings. The summed E-state index contributed by atoms with van der Waals surface area (Å²) in [4.78, 5) is 0. The van der Waals surface area contributed by atoms with Crippen molar-refractivity contribution in [3.63, 3.8) is 0 Å². The maximum absolute atomic E-state index is 9.11. The van der Waals surface area contributed by atoms with E-state index in [0.717, 1.165) is 11.8 Å². The summed E-state index contributed by atoms with van der Waals surface area (Å²) >= 11 is 0. The number of hydrogen-bond acceptors (Lipinski definition) is 1. The molecule has 2 unspecified atom stereocenters. The van der Waals surface area contributed by atoms with Gasteiger partial charge in [-0.1, -0.05) is 27.7 Å². The molecule has 0 radical (unpaired) electrons. The lowest BCUT2D eigenvalue weighted by Gasteiger charge is -2.34. The molecule has 1 aliphatic carbocycles. The van der Waals surface area contributed by atoms with Gasteiger partial charge in [-0.05, 0) is 36.0 Å². The highest BCUT2D eigenvalue weighted by Crippen LogP contribution is 2.50. The first-order chi connectivity index (χ1) is 5.50. The SMILES string of the molecule is CC1CCC([C@H](C)CO)C1(C)C. The van der Waals surface area contributed by atoms with Crippen molar-refractivity contribution in [2.75, 3.05) is 6.61 Å². The van der Waals surface area contributed by atoms with E-state index in [1.54, 1.807) is 0 Å². The molecule has 0 spiro atoms. The van der Waals surface area contributed by atoms with Crippen LogP contribution < -0.4 is 0 Å². The second-order valence-electron chi connectivity index (χ2n) is 5.07. The van der Waals surface area contributed by atoms with Gasteiger partial charge in [-0.2, -0.15) is 0 Å². The molecule has 3 atom stereocenters. The van der Waals surface area contributed by atoms with Crippen LogP contribution in [0, 0.1) is 23.2 Å². The lowest BCUT2D eigenvalue weighted by Crippen LogP contribution is -2.29. The van der Waals surface area contributed by atoms with E-state index in [0.29, 0.717) is 17.9 Å². The monoisotopic (exact) mass is 170 g/mol.